The summed E-state index contributed by atoms with van der Waals surface area (Å²) >= 11 is 0. The van der Waals surface area contributed by atoms with Crippen LogP contribution in [0.2, 0.25) is 0 Å². The Balaban J connectivity index is 1.31. The highest BCUT2D eigenvalue weighted by Crippen LogP contribution is 2.68. The molecule has 2 saturated carbocycles. The van der Waals surface area contributed by atoms with E-state index in [4.69, 9.17) is 18.9 Å². The third kappa shape index (κ3) is 5.56. The van der Waals surface area contributed by atoms with Gasteiger partial charge in [0.05, 0.1) is 22.8 Å². The minimum absolute atomic E-state index is 0.0840. The van der Waals surface area contributed by atoms with Gasteiger partial charge < -0.3 is 18.9 Å². The zero-order valence-electron chi connectivity index (χ0n) is 28.2. The molecule has 2 bridgehead atoms. The Morgan fingerprint density at radius 1 is 0.729 bits per heavy atom. The van der Waals surface area contributed by atoms with Crippen molar-refractivity contribution in [1.29, 1.82) is 0 Å². The Bertz CT molecular complexity index is 1700. The molecule has 4 aliphatic rings. The summed E-state index contributed by atoms with van der Waals surface area (Å²) in [5, 5.41) is 0. The zero-order valence-corrected chi connectivity index (χ0v) is 28.2. The normalized spacial score (nSPS) is 34.5. The fraction of sp³-hybridized carbons (Fsp3) is 0.439. The van der Waals surface area contributed by atoms with E-state index in [0.717, 1.165) is 5.57 Å². The van der Waals surface area contributed by atoms with Gasteiger partial charge >= 0.3 is 17.9 Å². The van der Waals surface area contributed by atoms with E-state index in [1.54, 1.807) is 36.4 Å². The molecule has 0 N–H and O–H groups in total. The minimum Gasteiger partial charge on any atom is -0.458 e. The average Bonchev–Trinajstić information content (AvgIpc) is 3.38. The van der Waals surface area contributed by atoms with Gasteiger partial charge in [0, 0.05) is 11.8 Å². The fourth-order valence-electron chi connectivity index (χ4n) is 9.03. The van der Waals surface area contributed by atoms with Gasteiger partial charge in [0.1, 0.15) is 23.9 Å². The molecular weight excluding hydrogens is 604 g/mol. The van der Waals surface area contributed by atoms with Crippen molar-refractivity contribution in [3.8, 4) is 0 Å². The maximum Gasteiger partial charge on any atom is 0.338 e. The Hall–Kier alpha value is -4.23. The van der Waals surface area contributed by atoms with Crippen LogP contribution in [-0.4, -0.2) is 47.9 Å². The maximum absolute atomic E-state index is 13.7. The summed E-state index contributed by atoms with van der Waals surface area (Å²) in [5.74, 6) is -1.48. The molecule has 1 spiro atoms. The van der Waals surface area contributed by atoms with Gasteiger partial charge in [0.15, 0.2) is 0 Å². The molecule has 250 valence electrons. The van der Waals surface area contributed by atoms with E-state index in [1.807, 2.05) is 61.5 Å². The Kier molecular flexibility index (Phi) is 8.31. The minimum atomic E-state index is -0.953. The summed E-state index contributed by atoms with van der Waals surface area (Å²) < 4.78 is 26.5. The molecule has 1 saturated heterocycles. The zero-order chi connectivity index (χ0) is 33.8. The maximum atomic E-state index is 13.7. The van der Waals surface area contributed by atoms with E-state index < -0.39 is 41.8 Å². The first-order valence-corrected chi connectivity index (χ1v) is 17.2. The van der Waals surface area contributed by atoms with Gasteiger partial charge in [-0.2, -0.15) is 0 Å². The van der Waals surface area contributed by atoms with Gasteiger partial charge in [0.2, 0.25) is 0 Å². The van der Waals surface area contributed by atoms with Gasteiger partial charge in [-0.05, 0) is 84.9 Å². The fourth-order valence-corrected chi connectivity index (χ4v) is 9.03. The van der Waals surface area contributed by atoms with Crippen molar-refractivity contribution < 1.29 is 33.3 Å². The second-order valence-electron chi connectivity index (χ2n) is 14.9. The monoisotopic (exact) mass is 648 g/mol. The lowest BCUT2D eigenvalue weighted by molar-refractivity contribution is -0.117. The molecule has 7 rings (SSSR count). The summed E-state index contributed by atoms with van der Waals surface area (Å²) in [5.41, 5.74) is 1.28. The van der Waals surface area contributed by atoms with Crippen molar-refractivity contribution in [3.05, 3.63) is 119 Å². The first kappa shape index (κ1) is 32.3. The molecule has 48 heavy (non-hydrogen) atoms. The van der Waals surface area contributed by atoms with Crippen LogP contribution in [0.1, 0.15) is 78.5 Å². The molecule has 7 nitrogen and oxygen atoms in total. The van der Waals surface area contributed by atoms with Crippen LogP contribution < -0.4 is 0 Å². The number of esters is 3. The van der Waals surface area contributed by atoms with Crippen LogP contribution in [0.5, 0.6) is 0 Å². The van der Waals surface area contributed by atoms with Crippen molar-refractivity contribution in [3.63, 3.8) is 0 Å². The molecule has 7 heteroatoms. The highest BCUT2D eigenvalue weighted by molar-refractivity contribution is 5.90. The summed E-state index contributed by atoms with van der Waals surface area (Å²) in [7, 11) is 0. The van der Waals surface area contributed by atoms with E-state index in [0.29, 0.717) is 29.5 Å². The van der Waals surface area contributed by atoms with Crippen LogP contribution in [0.15, 0.2) is 103 Å². The van der Waals surface area contributed by atoms with Crippen molar-refractivity contribution in [2.24, 2.45) is 35.0 Å². The Morgan fingerprint density at radius 2 is 1.23 bits per heavy atom. The van der Waals surface area contributed by atoms with Crippen LogP contribution >= 0.6 is 0 Å². The first-order valence-electron chi connectivity index (χ1n) is 17.2. The van der Waals surface area contributed by atoms with E-state index in [1.165, 1.54) is 0 Å². The van der Waals surface area contributed by atoms with Crippen molar-refractivity contribution in [2.45, 2.75) is 77.5 Å². The first-order chi connectivity index (χ1) is 23.0. The van der Waals surface area contributed by atoms with E-state index in [-0.39, 0.29) is 41.2 Å². The summed E-state index contributed by atoms with van der Waals surface area (Å²) in [6, 6.07) is 27.1. The molecule has 0 aromatic heterocycles. The Labute approximate surface area is 282 Å². The molecule has 3 fully saturated rings. The molecular formula is C41H44O7. The van der Waals surface area contributed by atoms with Crippen LogP contribution in [0.4, 0.5) is 0 Å². The molecule has 0 radical (unpaired) electrons. The third-order valence-electron chi connectivity index (χ3n) is 11.6. The van der Waals surface area contributed by atoms with Crippen LogP contribution in [-0.2, 0) is 18.9 Å². The smallest absolute Gasteiger partial charge is 0.338 e. The Morgan fingerprint density at radius 3 is 1.77 bits per heavy atom. The molecule has 2 heterocycles. The van der Waals surface area contributed by atoms with Crippen LogP contribution in [0.25, 0.3) is 0 Å². The number of hydrogen-bond acceptors (Lipinski definition) is 7. The van der Waals surface area contributed by atoms with Crippen molar-refractivity contribution >= 4 is 17.9 Å². The van der Waals surface area contributed by atoms with Gasteiger partial charge in [0.25, 0.3) is 0 Å². The predicted molar refractivity (Wildman–Crippen MR) is 180 cm³/mol. The third-order valence-corrected chi connectivity index (χ3v) is 11.6. The van der Waals surface area contributed by atoms with Gasteiger partial charge in [-0.25, -0.2) is 14.4 Å². The van der Waals surface area contributed by atoms with Gasteiger partial charge in [-0.1, -0.05) is 88.4 Å². The largest absolute Gasteiger partial charge is 0.458 e. The van der Waals surface area contributed by atoms with E-state index >= 15 is 0 Å². The number of hydrogen-bond donors (Lipinski definition) is 0. The van der Waals surface area contributed by atoms with Gasteiger partial charge in [-0.3, -0.25) is 0 Å². The molecule has 3 aromatic carbocycles. The highest BCUT2D eigenvalue weighted by Gasteiger charge is 2.72. The number of carbonyl (C=O) groups is 3. The number of ether oxygens (including phenoxy) is 4. The quantitative estimate of drug-likeness (QED) is 0.154. The van der Waals surface area contributed by atoms with E-state index in [9.17, 15) is 14.4 Å². The number of benzene rings is 3. The number of rotatable bonds is 6. The lowest BCUT2D eigenvalue weighted by Crippen LogP contribution is -2.49. The second kappa shape index (κ2) is 12.3. The highest BCUT2D eigenvalue weighted by atomic mass is 16.6. The predicted octanol–water partition coefficient (Wildman–Crippen LogP) is 7.72. The molecule has 3 aromatic rings. The topological polar surface area (TPSA) is 88.1 Å². The SMILES string of the molecule is CC1=CC2C(OC(=O)c3ccccc3)C(C)CC23OC(C(C)C3OC(=O)c2ccccc2)C2C(CC1OC(=O)c1ccccc1)C2(C)C. The van der Waals surface area contributed by atoms with Crippen LogP contribution in [0.3, 0.4) is 0 Å². The van der Waals surface area contributed by atoms with Gasteiger partial charge in [-0.15, -0.1) is 0 Å². The molecule has 2 aliphatic carbocycles. The van der Waals surface area contributed by atoms with Crippen LogP contribution in [0, 0.1) is 35.0 Å². The molecule has 2 aliphatic heterocycles. The van der Waals surface area contributed by atoms with E-state index in [2.05, 4.69) is 33.8 Å². The standard InChI is InChI=1S/C41H44O7/c1-24-21-31-34(46-38(43)28-17-11-7-12-18-28)25(2)23-41(31)36(47-39(44)29-19-13-8-14-20-29)26(3)35(48-41)33-30(40(33,4)5)22-32(24)45-37(42)27-15-9-6-10-16-27/h6-21,25-26,30-36H,22-23H2,1-5H3. The van der Waals surface area contributed by atoms with Crippen molar-refractivity contribution in [1.82, 2.24) is 0 Å². The molecule has 10 atom stereocenters. The lowest BCUT2D eigenvalue weighted by Gasteiger charge is -2.37. The average molecular weight is 649 g/mol. The van der Waals surface area contributed by atoms with Crippen molar-refractivity contribution in [2.75, 3.05) is 0 Å². The second-order valence-corrected chi connectivity index (χ2v) is 14.9. The molecule has 0 amide bonds. The number of carbonyl (C=O) groups excluding carboxylic acids is 3. The molecule has 10 unspecified atom stereocenters. The summed E-state index contributed by atoms with van der Waals surface area (Å²) in [6.45, 7) is 10.7. The summed E-state index contributed by atoms with van der Waals surface area (Å²) in [4.78, 5) is 40.7. The lowest BCUT2D eigenvalue weighted by atomic mass is 9.79. The summed E-state index contributed by atoms with van der Waals surface area (Å²) in [6.07, 6.45) is 1.43. The number of fused-ring (bicyclic) bond motifs is 3.